The Morgan fingerprint density at radius 1 is 1.30 bits per heavy atom. The van der Waals surface area contributed by atoms with Crippen LogP contribution >= 0.6 is 24.0 Å². The number of phenols is 1. The molecule has 1 atom stereocenters. The molecule has 0 radical (unpaired) electrons. The van der Waals surface area contributed by atoms with Crippen LogP contribution in [0.25, 0.3) is 6.08 Å². The van der Waals surface area contributed by atoms with Crippen molar-refractivity contribution in [2.24, 2.45) is 0 Å². The van der Waals surface area contributed by atoms with Crippen LogP contribution in [0.1, 0.15) is 25.3 Å². The Morgan fingerprint density at radius 2 is 1.90 bits per heavy atom. The summed E-state index contributed by atoms with van der Waals surface area (Å²) in [7, 11) is 2.82. The lowest BCUT2D eigenvalue weighted by Gasteiger charge is -2.14. The van der Waals surface area contributed by atoms with Gasteiger partial charge >= 0.3 is 5.97 Å². The lowest BCUT2D eigenvalue weighted by Crippen LogP contribution is -2.38. The molecular formula is C19H22N2O7S2. The van der Waals surface area contributed by atoms with Crippen molar-refractivity contribution < 1.29 is 34.1 Å². The van der Waals surface area contributed by atoms with Crippen LogP contribution in [-0.2, 0) is 14.4 Å². The summed E-state index contributed by atoms with van der Waals surface area (Å²) in [4.78, 5) is 37.0. The number of methoxy groups -OCH3 is 2. The van der Waals surface area contributed by atoms with Gasteiger partial charge in [-0.3, -0.25) is 19.3 Å². The van der Waals surface area contributed by atoms with E-state index in [0.29, 0.717) is 21.2 Å². The van der Waals surface area contributed by atoms with Crippen molar-refractivity contribution in [1.29, 1.82) is 0 Å². The molecule has 1 aromatic rings. The lowest BCUT2D eigenvalue weighted by atomic mass is 10.1. The Hall–Kier alpha value is -2.79. The highest BCUT2D eigenvalue weighted by molar-refractivity contribution is 8.26. The van der Waals surface area contributed by atoms with Crippen LogP contribution in [0.3, 0.4) is 0 Å². The van der Waals surface area contributed by atoms with Gasteiger partial charge in [0.15, 0.2) is 11.5 Å². The van der Waals surface area contributed by atoms with Crippen LogP contribution in [0.15, 0.2) is 17.0 Å². The zero-order valence-corrected chi connectivity index (χ0v) is 18.3. The predicted molar refractivity (Wildman–Crippen MR) is 116 cm³/mol. The van der Waals surface area contributed by atoms with Crippen LogP contribution in [0.4, 0.5) is 0 Å². The van der Waals surface area contributed by atoms with Crippen LogP contribution in [0.5, 0.6) is 17.2 Å². The number of rotatable bonds is 9. The number of hydrogen-bond acceptors (Lipinski definition) is 8. The number of carboxylic acids is 1. The average Bonchev–Trinajstić information content (AvgIpc) is 2.96. The normalized spacial score (nSPS) is 16.0. The summed E-state index contributed by atoms with van der Waals surface area (Å²) in [6, 6.07) is 2.16. The van der Waals surface area contributed by atoms with E-state index in [1.54, 1.807) is 18.2 Å². The molecule has 1 saturated heterocycles. The summed E-state index contributed by atoms with van der Waals surface area (Å²) in [5.41, 5.74) is 0.587. The third-order valence-electron chi connectivity index (χ3n) is 4.21. The summed E-state index contributed by atoms with van der Waals surface area (Å²) in [6.45, 7) is 1.61. The minimum absolute atomic E-state index is 0.0695. The second kappa shape index (κ2) is 10.3. The monoisotopic (exact) mass is 454 g/mol. The molecule has 1 heterocycles. The number of carbonyl (C=O) groups excluding carboxylic acids is 2. The van der Waals surface area contributed by atoms with Crippen molar-refractivity contribution in [3.05, 3.63) is 22.6 Å². The molecule has 3 N–H and O–H groups in total. The second-order valence-electron chi connectivity index (χ2n) is 6.34. The Balaban J connectivity index is 2.04. The van der Waals surface area contributed by atoms with Crippen LogP contribution in [-0.4, -0.2) is 64.0 Å². The summed E-state index contributed by atoms with van der Waals surface area (Å²) in [6.07, 6.45) is 2.02. The van der Waals surface area contributed by atoms with Gasteiger partial charge in [-0.2, -0.15) is 0 Å². The molecule has 1 unspecified atom stereocenters. The fraction of sp³-hybridized carbons (Fsp3) is 0.368. The molecule has 30 heavy (non-hydrogen) atoms. The van der Waals surface area contributed by atoms with Gasteiger partial charge in [0, 0.05) is 13.0 Å². The van der Waals surface area contributed by atoms with Crippen molar-refractivity contribution in [3.8, 4) is 17.2 Å². The number of thioether (sulfide) groups is 1. The molecule has 1 aliphatic rings. The first-order chi connectivity index (χ1) is 14.2. The summed E-state index contributed by atoms with van der Waals surface area (Å²) < 4.78 is 10.6. The minimum atomic E-state index is -1.12. The zero-order valence-electron chi connectivity index (χ0n) is 16.6. The Kier molecular flexibility index (Phi) is 8.07. The lowest BCUT2D eigenvalue weighted by molar-refractivity contribution is -0.141. The van der Waals surface area contributed by atoms with E-state index in [-0.39, 0.29) is 36.1 Å². The van der Waals surface area contributed by atoms with Crippen molar-refractivity contribution >= 4 is 52.2 Å². The first kappa shape index (κ1) is 23.5. The van der Waals surface area contributed by atoms with E-state index in [9.17, 15) is 19.5 Å². The fourth-order valence-electron chi connectivity index (χ4n) is 2.61. The summed E-state index contributed by atoms with van der Waals surface area (Å²) >= 11 is 6.40. The third kappa shape index (κ3) is 5.63. The Bertz CT molecular complexity index is 876. The van der Waals surface area contributed by atoms with E-state index in [1.807, 2.05) is 0 Å². The number of phenolic OH excluding ortho intramolecular Hbond substituents is 1. The summed E-state index contributed by atoms with van der Waals surface area (Å²) in [5.74, 6) is -1.55. The van der Waals surface area contributed by atoms with E-state index in [4.69, 9.17) is 26.8 Å². The third-order valence-corrected chi connectivity index (χ3v) is 5.58. The van der Waals surface area contributed by atoms with Crippen LogP contribution in [0, 0.1) is 0 Å². The number of nitrogens with zero attached hydrogens (tertiary/aromatic N) is 1. The number of nitrogens with one attached hydrogen (secondary N) is 1. The largest absolute Gasteiger partial charge is 0.502 e. The predicted octanol–water partition coefficient (Wildman–Crippen LogP) is 1.98. The number of amides is 2. The molecule has 0 bridgehead atoms. The van der Waals surface area contributed by atoms with Crippen molar-refractivity contribution in [3.63, 3.8) is 0 Å². The molecule has 1 fully saturated rings. The minimum Gasteiger partial charge on any atom is -0.502 e. The first-order valence-corrected chi connectivity index (χ1v) is 10.1. The Morgan fingerprint density at radius 3 is 2.43 bits per heavy atom. The van der Waals surface area contributed by atoms with Gasteiger partial charge in [-0.05, 0) is 37.1 Å². The fourth-order valence-corrected chi connectivity index (χ4v) is 3.92. The molecule has 9 nitrogen and oxygen atoms in total. The molecule has 11 heteroatoms. The molecule has 1 aliphatic heterocycles. The van der Waals surface area contributed by atoms with Gasteiger partial charge in [0.2, 0.25) is 11.7 Å². The van der Waals surface area contributed by atoms with Crippen LogP contribution in [0.2, 0.25) is 0 Å². The number of aliphatic carboxylic acids is 1. The van der Waals surface area contributed by atoms with Gasteiger partial charge in [-0.1, -0.05) is 24.0 Å². The van der Waals surface area contributed by atoms with E-state index >= 15 is 0 Å². The maximum Gasteiger partial charge on any atom is 0.325 e. The summed E-state index contributed by atoms with van der Waals surface area (Å²) in [5, 5.41) is 21.2. The van der Waals surface area contributed by atoms with Gasteiger partial charge in [0.25, 0.3) is 5.91 Å². The highest BCUT2D eigenvalue weighted by Gasteiger charge is 2.32. The van der Waals surface area contributed by atoms with Crippen molar-refractivity contribution in [2.75, 3.05) is 20.8 Å². The first-order valence-electron chi connectivity index (χ1n) is 8.90. The smallest absolute Gasteiger partial charge is 0.325 e. The number of carbonyl (C=O) groups is 3. The molecule has 1 aromatic carbocycles. The van der Waals surface area contributed by atoms with Gasteiger partial charge in [-0.15, -0.1) is 0 Å². The second-order valence-corrected chi connectivity index (χ2v) is 8.01. The van der Waals surface area contributed by atoms with E-state index in [2.05, 4.69) is 5.32 Å². The van der Waals surface area contributed by atoms with Gasteiger partial charge in [0.1, 0.15) is 10.4 Å². The standard InChI is InChI=1S/C19H22N2O7S2/c1-10(18(25)26)20-15(22)5-4-6-21-17(24)14(30-19(21)29)9-11-7-12(27-2)16(23)13(8-11)28-3/h7-10,23H,4-6H2,1-3H3,(H,20,22)(H,25,26)/b14-9-. The molecule has 162 valence electrons. The molecule has 0 saturated carbocycles. The highest BCUT2D eigenvalue weighted by atomic mass is 32.2. The number of benzene rings is 1. The number of ether oxygens (including phenoxy) is 2. The molecule has 0 spiro atoms. The van der Waals surface area contributed by atoms with Crippen molar-refractivity contribution in [1.82, 2.24) is 10.2 Å². The number of thiocarbonyl (C=S) groups is 1. The van der Waals surface area contributed by atoms with Gasteiger partial charge < -0.3 is 25.0 Å². The molecule has 0 aromatic heterocycles. The molecule has 2 amide bonds. The zero-order chi connectivity index (χ0) is 22.4. The highest BCUT2D eigenvalue weighted by Crippen LogP contribution is 2.39. The van der Waals surface area contributed by atoms with Crippen LogP contribution < -0.4 is 14.8 Å². The number of carboxylic acid groups (broad SMARTS) is 1. The van der Waals surface area contributed by atoms with E-state index in [0.717, 1.165) is 11.8 Å². The van der Waals surface area contributed by atoms with Gasteiger partial charge in [-0.25, -0.2) is 0 Å². The number of hydrogen-bond donors (Lipinski definition) is 3. The molecule has 2 rings (SSSR count). The molecule has 0 aliphatic carbocycles. The van der Waals surface area contributed by atoms with E-state index in [1.165, 1.54) is 26.0 Å². The average molecular weight is 455 g/mol. The van der Waals surface area contributed by atoms with Crippen molar-refractivity contribution in [2.45, 2.75) is 25.8 Å². The van der Waals surface area contributed by atoms with Gasteiger partial charge in [0.05, 0.1) is 19.1 Å². The SMILES string of the molecule is COc1cc(/C=C2\SC(=S)N(CCCC(=O)NC(C)C(=O)O)C2=O)cc(OC)c1O. The maximum atomic E-state index is 12.7. The molecular weight excluding hydrogens is 432 g/mol. The topological polar surface area (TPSA) is 125 Å². The van der Waals surface area contributed by atoms with E-state index < -0.39 is 17.9 Å². The quantitative estimate of drug-likeness (QED) is 0.379. The number of aromatic hydroxyl groups is 1. The maximum absolute atomic E-state index is 12.7. The Labute approximate surface area is 183 Å².